The van der Waals surface area contributed by atoms with Gasteiger partial charge in [-0.3, -0.25) is 0 Å². The second-order valence-corrected chi connectivity index (χ2v) is 15.2. The molecule has 16 heteroatoms. The smallest absolute Gasteiger partial charge is 0.460 e. The van der Waals surface area contributed by atoms with E-state index in [9.17, 15) is 53.4 Å². The summed E-state index contributed by atoms with van der Waals surface area (Å²) in [7, 11) is -3.51. The Hall–Kier alpha value is -1.71. The molecule has 0 spiro atoms. The van der Waals surface area contributed by atoms with E-state index in [2.05, 4.69) is 0 Å². The van der Waals surface area contributed by atoms with Gasteiger partial charge in [0.05, 0.1) is 7.11 Å². The number of benzene rings is 1. The molecule has 0 bridgehead atoms. The molecule has 0 saturated carbocycles. The van der Waals surface area contributed by atoms with Crippen LogP contribution >= 0.6 is 0 Å². The predicted octanol–water partition coefficient (Wildman–Crippen LogP) is 7.67. The lowest BCUT2D eigenvalue weighted by Crippen LogP contribution is -2.77. The molecule has 1 aromatic rings. The number of hydrogen-bond acceptors (Lipinski definition) is 2. The summed E-state index contributed by atoms with van der Waals surface area (Å²) in [5.74, 6) is -38.4. The van der Waals surface area contributed by atoms with Crippen LogP contribution in [0.15, 0.2) is 24.3 Å². The summed E-state index contributed by atoms with van der Waals surface area (Å²) < 4.78 is 185. The average molecular weight is 570 g/mol. The van der Waals surface area contributed by atoms with E-state index in [4.69, 9.17) is 4.74 Å². The Morgan fingerprint density at radius 2 is 0.944 bits per heavy atom. The number of rotatable bonds is 8. The lowest BCUT2D eigenvalue weighted by atomic mass is 9.88. The minimum absolute atomic E-state index is 0.104. The molecule has 1 rings (SSSR count). The van der Waals surface area contributed by atoms with Gasteiger partial charge in [-0.05, 0) is 22.7 Å². The summed E-state index contributed by atoms with van der Waals surface area (Å²) >= 11 is 0. The van der Waals surface area contributed by atoms with E-state index in [1.54, 1.807) is 0 Å². The van der Waals surface area contributed by atoms with Crippen LogP contribution in [-0.2, 0) is 5.22 Å². The van der Waals surface area contributed by atoms with Gasteiger partial charge in [-0.2, -0.15) is 57.1 Å². The molecule has 0 aromatic heterocycles. The van der Waals surface area contributed by atoms with Crippen molar-refractivity contribution in [1.29, 1.82) is 0 Å². The molecular formula is C20H23F13O2Si. The van der Waals surface area contributed by atoms with Crippen LogP contribution in [0.25, 0.3) is 0 Å². The summed E-state index contributed by atoms with van der Waals surface area (Å²) in [5.41, 5.74) is -1.21. The van der Waals surface area contributed by atoms with Crippen LogP contribution in [0.1, 0.15) is 26.3 Å². The second kappa shape index (κ2) is 8.66. The Labute approximate surface area is 198 Å². The van der Waals surface area contributed by atoms with Crippen molar-refractivity contribution in [2.75, 3.05) is 7.11 Å². The standard InChI is InChI=1S/C20H23F13O2Si/c1-13(2,3)36(5,6)14(34,11-7-9-12(35-4)10-8-11)15(21,22)16(23,24)17(25,26)18(27,28)19(29,30)20(31,32)33/h7-10,34H,1-6H3. The van der Waals surface area contributed by atoms with E-state index in [-0.39, 0.29) is 5.75 Å². The fourth-order valence-corrected chi connectivity index (χ4v) is 6.22. The first kappa shape index (κ1) is 32.3. The maximum Gasteiger partial charge on any atom is 0.460 e. The van der Waals surface area contributed by atoms with E-state index >= 15 is 8.78 Å². The molecule has 0 fully saturated rings. The van der Waals surface area contributed by atoms with Gasteiger partial charge >= 0.3 is 35.8 Å². The zero-order chi connectivity index (χ0) is 29.2. The summed E-state index contributed by atoms with van der Waals surface area (Å²) in [6, 6.07) is 2.71. The number of methoxy groups -OCH3 is 1. The molecule has 1 aromatic carbocycles. The van der Waals surface area contributed by atoms with E-state index in [0.29, 0.717) is 12.1 Å². The molecule has 0 saturated heterocycles. The highest BCUT2D eigenvalue weighted by Crippen LogP contribution is 2.65. The molecule has 1 N–H and O–H groups in total. The maximum absolute atomic E-state index is 15.5. The number of hydrogen-bond donors (Lipinski definition) is 1. The summed E-state index contributed by atoms with van der Waals surface area (Å²) in [4.78, 5) is 0. The van der Waals surface area contributed by atoms with E-state index in [1.165, 1.54) is 0 Å². The molecule has 0 aliphatic carbocycles. The first-order valence-electron chi connectivity index (χ1n) is 9.86. The van der Waals surface area contributed by atoms with E-state index in [1.807, 2.05) is 0 Å². The van der Waals surface area contributed by atoms with Crippen molar-refractivity contribution in [1.82, 2.24) is 0 Å². The van der Waals surface area contributed by atoms with Crippen molar-refractivity contribution in [2.45, 2.75) is 79.9 Å². The minimum atomic E-state index is -8.06. The van der Waals surface area contributed by atoms with Crippen LogP contribution < -0.4 is 4.74 Å². The van der Waals surface area contributed by atoms with Crippen molar-refractivity contribution in [3.63, 3.8) is 0 Å². The second-order valence-electron chi connectivity index (χ2n) is 9.68. The maximum atomic E-state index is 15.5. The number of aliphatic hydroxyl groups is 1. The van der Waals surface area contributed by atoms with Crippen LogP contribution in [0, 0.1) is 0 Å². The highest BCUT2D eigenvalue weighted by atomic mass is 28.3. The monoisotopic (exact) mass is 570 g/mol. The van der Waals surface area contributed by atoms with E-state index in [0.717, 1.165) is 53.1 Å². The van der Waals surface area contributed by atoms with Gasteiger partial charge in [-0.15, -0.1) is 0 Å². The summed E-state index contributed by atoms with van der Waals surface area (Å²) in [5, 5.41) is 5.16. The number of alkyl halides is 13. The first-order chi connectivity index (χ1) is 15.5. The Balaban J connectivity index is 4.08. The molecule has 0 radical (unpaired) electrons. The zero-order valence-electron chi connectivity index (χ0n) is 19.6. The fourth-order valence-electron chi connectivity index (χ4n) is 3.31. The van der Waals surface area contributed by atoms with Crippen molar-refractivity contribution in [2.24, 2.45) is 0 Å². The molecule has 36 heavy (non-hydrogen) atoms. The first-order valence-corrected chi connectivity index (χ1v) is 12.9. The molecule has 2 nitrogen and oxygen atoms in total. The molecule has 0 aliphatic heterocycles. The van der Waals surface area contributed by atoms with Gasteiger partial charge in [0.2, 0.25) is 0 Å². The third-order valence-electron chi connectivity index (χ3n) is 6.68. The largest absolute Gasteiger partial charge is 0.497 e. The van der Waals surface area contributed by atoms with Crippen molar-refractivity contribution in [3.8, 4) is 5.75 Å². The topological polar surface area (TPSA) is 29.5 Å². The Kier molecular flexibility index (Phi) is 7.78. The highest BCUT2D eigenvalue weighted by molar-refractivity contribution is 6.82. The Morgan fingerprint density at radius 1 is 0.611 bits per heavy atom. The van der Waals surface area contributed by atoms with Crippen LogP contribution in [-0.4, -0.2) is 56.1 Å². The lowest BCUT2D eigenvalue weighted by molar-refractivity contribution is -0.447. The minimum Gasteiger partial charge on any atom is -0.497 e. The zero-order valence-corrected chi connectivity index (χ0v) is 20.6. The fraction of sp³-hybridized carbons (Fsp3) is 0.700. The molecule has 210 valence electrons. The van der Waals surface area contributed by atoms with Crippen molar-refractivity contribution in [3.05, 3.63) is 29.8 Å². The predicted molar refractivity (Wildman–Crippen MR) is 105 cm³/mol. The molecule has 1 atom stereocenters. The summed E-state index contributed by atoms with van der Waals surface area (Å²) in [6.07, 6.45) is -7.52. The van der Waals surface area contributed by atoms with Gasteiger partial charge in [-0.25, -0.2) is 0 Å². The lowest BCUT2D eigenvalue weighted by Gasteiger charge is -2.54. The third kappa shape index (κ3) is 4.05. The molecular weight excluding hydrogens is 547 g/mol. The van der Waals surface area contributed by atoms with E-state index < -0.39 is 59.7 Å². The van der Waals surface area contributed by atoms with Crippen LogP contribution in [0.5, 0.6) is 5.75 Å². The van der Waals surface area contributed by atoms with Crippen LogP contribution in [0.3, 0.4) is 0 Å². The van der Waals surface area contributed by atoms with Crippen molar-refractivity contribution < 1.29 is 66.9 Å². The normalized spacial score (nSPS) is 17.1. The Morgan fingerprint density at radius 3 is 1.25 bits per heavy atom. The van der Waals surface area contributed by atoms with Gasteiger partial charge in [0.1, 0.15) is 19.0 Å². The number of halogens is 13. The molecule has 0 amide bonds. The average Bonchev–Trinajstić information content (AvgIpc) is 2.70. The van der Waals surface area contributed by atoms with Gasteiger partial charge in [-0.1, -0.05) is 46.0 Å². The molecule has 0 heterocycles. The molecule has 0 aliphatic rings. The van der Waals surface area contributed by atoms with Gasteiger partial charge < -0.3 is 9.84 Å². The Bertz CT molecular complexity index is 934. The summed E-state index contributed by atoms with van der Waals surface area (Å²) in [6.45, 7) is 5.01. The highest BCUT2D eigenvalue weighted by Gasteiger charge is 2.93. The van der Waals surface area contributed by atoms with Crippen molar-refractivity contribution >= 4 is 8.07 Å². The number of ether oxygens (including phenoxy) is 1. The SMILES string of the molecule is COc1ccc(C(O)(C(F)(F)C(F)(F)C(F)(F)C(F)(F)C(F)(F)C(F)(F)F)[Si](C)(C)C(C)(C)C)cc1. The molecule has 1 unspecified atom stereocenters. The van der Waals surface area contributed by atoms with Crippen LogP contribution in [0.4, 0.5) is 57.1 Å². The third-order valence-corrected chi connectivity index (χ3v) is 12.8. The quantitative estimate of drug-likeness (QED) is 0.257. The van der Waals surface area contributed by atoms with Gasteiger partial charge in [0.15, 0.2) is 0 Å². The van der Waals surface area contributed by atoms with Gasteiger partial charge in [0, 0.05) is 0 Å². The van der Waals surface area contributed by atoms with Gasteiger partial charge in [0.25, 0.3) is 0 Å². The van der Waals surface area contributed by atoms with Crippen LogP contribution in [0.2, 0.25) is 18.1 Å².